The lowest BCUT2D eigenvalue weighted by atomic mass is 10.3. The second-order valence-electron chi connectivity index (χ2n) is 2.02. The van der Waals surface area contributed by atoms with Gasteiger partial charge in [0.1, 0.15) is 6.04 Å². The van der Waals surface area contributed by atoms with Crippen LogP contribution in [0.5, 0.6) is 0 Å². The first-order chi connectivity index (χ1) is 4.52. The van der Waals surface area contributed by atoms with E-state index in [1.54, 1.807) is 0 Å². The van der Waals surface area contributed by atoms with Crippen LogP contribution in [0.2, 0.25) is 0 Å². The van der Waals surface area contributed by atoms with Crippen molar-refractivity contribution in [1.29, 1.82) is 0 Å². The molecule has 1 N–H and O–H groups in total. The number of likely N-dealkylation sites (N-methyl/N-ethyl adjacent to an activating group) is 1. The van der Waals surface area contributed by atoms with Gasteiger partial charge in [-0.15, -0.1) is 0 Å². The molecule has 1 rings (SSSR count). The summed E-state index contributed by atoms with van der Waals surface area (Å²) in [5.74, 6) is 0. The minimum absolute atomic E-state index is 0.944. The van der Waals surface area contributed by atoms with Gasteiger partial charge >= 0.3 is 6.18 Å². The Morgan fingerprint density at radius 2 is 2.20 bits per heavy atom. The molecule has 57 valence electrons. The van der Waals surface area contributed by atoms with E-state index in [2.05, 4.69) is 11.6 Å². The van der Waals surface area contributed by atoms with Gasteiger partial charge in [-0.1, -0.05) is 0 Å². The minimum atomic E-state index is -4.20. The molecule has 0 fully saturated rings. The van der Waals surface area contributed by atoms with E-state index in [0.29, 0.717) is 0 Å². The van der Waals surface area contributed by atoms with E-state index in [0.717, 1.165) is 11.1 Å². The van der Waals surface area contributed by atoms with Crippen LogP contribution >= 0.6 is 0 Å². The third-order valence-corrected chi connectivity index (χ3v) is 1.23. The van der Waals surface area contributed by atoms with Gasteiger partial charge in [0, 0.05) is 7.05 Å². The quantitative estimate of drug-likeness (QED) is 0.547. The predicted molar refractivity (Wildman–Crippen MR) is 28.6 cm³/mol. The number of alkyl halides is 3. The number of halogens is 3. The molecule has 1 unspecified atom stereocenters. The van der Waals surface area contributed by atoms with Crippen LogP contribution in [-0.2, 0) is 0 Å². The molecular formula is C5H6F3N2. The highest BCUT2D eigenvalue weighted by atomic mass is 19.4. The summed E-state index contributed by atoms with van der Waals surface area (Å²) in [6.45, 7) is 0. The van der Waals surface area contributed by atoms with Gasteiger partial charge < -0.3 is 5.43 Å². The molecule has 0 saturated heterocycles. The molecule has 1 aliphatic rings. The third kappa shape index (κ3) is 1.23. The van der Waals surface area contributed by atoms with E-state index in [4.69, 9.17) is 0 Å². The van der Waals surface area contributed by atoms with Crippen molar-refractivity contribution in [2.75, 3.05) is 7.05 Å². The summed E-state index contributed by atoms with van der Waals surface area (Å²) in [6.07, 6.45) is -0.999. The van der Waals surface area contributed by atoms with Crippen molar-refractivity contribution in [3.8, 4) is 0 Å². The highest BCUT2D eigenvalue weighted by Gasteiger charge is 2.42. The fraction of sp³-hybridized carbons (Fsp3) is 0.600. The van der Waals surface area contributed by atoms with E-state index in [1.807, 2.05) is 0 Å². The predicted octanol–water partition coefficient (Wildman–Crippen LogP) is 0.684. The maximum Gasteiger partial charge on any atom is 0.409 e. The second kappa shape index (κ2) is 2.16. The van der Waals surface area contributed by atoms with Gasteiger partial charge in [0.05, 0.1) is 6.20 Å². The van der Waals surface area contributed by atoms with Crippen molar-refractivity contribution < 1.29 is 13.2 Å². The zero-order valence-corrected chi connectivity index (χ0v) is 5.24. The molecule has 0 amide bonds. The first kappa shape index (κ1) is 7.40. The largest absolute Gasteiger partial charge is 0.409 e. The zero-order valence-electron chi connectivity index (χ0n) is 5.24. The molecule has 5 heteroatoms. The number of hydrogen-bond acceptors (Lipinski definition) is 2. The molecule has 1 radical (unpaired) electrons. The average molecular weight is 151 g/mol. The van der Waals surface area contributed by atoms with Gasteiger partial charge in [0.15, 0.2) is 0 Å². The lowest BCUT2D eigenvalue weighted by Gasteiger charge is -2.20. The minimum Gasteiger partial charge on any atom is -0.316 e. The molecule has 0 aromatic heterocycles. The monoisotopic (exact) mass is 151 g/mol. The molecule has 1 aliphatic heterocycles. The van der Waals surface area contributed by atoms with Crippen LogP contribution in [-0.4, -0.2) is 24.3 Å². The standard InChI is InChI=1S/C5H6F3N2/c1-10-4(2-3-9-10)5(6,7)8/h2,4,9H,1H3. The Labute approximate surface area is 56.3 Å². The number of nitrogens with one attached hydrogen (secondary N) is 1. The summed E-state index contributed by atoms with van der Waals surface area (Å²) in [4.78, 5) is 0. The second-order valence-corrected chi connectivity index (χ2v) is 2.02. The van der Waals surface area contributed by atoms with Crippen molar-refractivity contribution in [3.05, 3.63) is 12.3 Å². The molecule has 1 heterocycles. The Kier molecular flexibility index (Phi) is 1.60. The zero-order chi connectivity index (χ0) is 7.78. The van der Waals surface area contributed by atoms with Crippen LogP contribution < -0.4 is 5.43 Å². The molecule has 0 spiro atoms. The van der Waals surface area contributed by atoms with Crippen LogP contribution in [0.15, 0.2) is 6.08 Å². The number of hydrazine groups is 1. The maximum atomic E-state index is 11.9. The SMILES string of the molecule is CN1N[C]=CC1C(F)(F)F. The first-order valence-corrected chi connectivity index (χ1v) is 2.66. The van der Waals surface area contributed by atoms with E-state index in [9.17, 15) is 13.2 Å². The van der Waals surface area contributed by atoms with E-state index in [-0.39, 0.29) is 0 Å². The van der Waals surface area contributed by atoms with E-state index >= 15 is 0 Å². The van der Waals surface area contributed by atoms with Crippen molar-refractivity contribution in [3.63, 3.8) is 0 Å². The highest BCUT2D eigenvalue weighted by molar-refractivity contribution is 4.97. The normalized spacial score (nSPS) is 27.0. The molecule has 0 aromatic rings. The van der Waals surface area contributed by atoms with Crippen molar-refractivity contribution >= 4 is 0 Å². The Morgan fingerprint density at radius 1 is 1.60 bits per heavy atom. The molecule has 0 saturated carbocycles. The lowest BCUT2D eigenvalue weighted by Crippen LogP contribution is -2.43. The van der Waals surface area contributed by atoms with Gasteiger partial charge in [-0.2, -0.15) is 13.2 Å². The summed E-state index contributed by atoms with van der Waals surface area (Å²) in [6, 6.07) is -1.53. The fourth-order valence-corrected chi connectivity index (χ4v) is 0.713. The number of rotatable bonds is 0. The van der Waals surface area contributed by atoms with Crippen LogP contribution in [0.1, 0.15) is 0 Å². The van der Waals surface area contributed by atoms with Crippen LogP contribution in [0.25, 0.3) is 0 Å². The molecular weight excluding hydrogens is 145 g/mol. The maximum absolute atomic E-state index is 11.9. The summed E-state index contributed by atoms with van der Waals surface area (Å²) in [5.41, 5.74) is 2.28. The van der Waals surface area contributed by atoms with Gasteiger partial charge in [0.25, 0.3) is 0 Å². The topological polar surface area (TPSA) is 15.3 Å². The molecule has 10 heavy (non-hydrogen) atoms. The Morgan fingerprint density at radius 3 is 2.40 bits per heavy atom. The first-order valence-electron chi connectivity index (χ1n) is 2.66. The van der Waals surface area contributed by atoms with Crippen LogP contribution in [0, 0.1) is 6.20 Å². The Hall–Kier alpha value is -0.710. The van der Waals surface area contributed by atoms with Gasteiger partial charge in [-0.25, -0.2) is 5.01 Å². The van der Waals surface area contributed by atoms with Crippen molar-refractivity contribution in [2.45, 2.75) is 12.2 Å². The molecule has 0 aliphatic carbocycles. The summed E-state index contributed by atoms with van der Waals surface area (Å²) < 4.78 is 35.6. The lowest BCUT2D eigenvalue weighted by molar-refractivity contribution is -0.168. The fourth-order valence-electron chi connectivity index (χ4n) is 0.713. The van der Waals surface area contributed by atoms with Crippen LogP contribution in [0.3, 0.4) is 0 Å². The average Bonchev–Trinajstić information content (AvgIpc) is 2.11. The van der Waals surface area contributed by atoms with Crippen LogP contribution in [0.4, 0.5) is 13.2 Å². The molecule has 2 nitrogen and oxygen atoms in total. The Bertz CT molecular complexity index is 151. The Balaban J connectivity index is 2.64. The molecule has 0 aromatic carbocycles. The van der Waals surface area contributed by atoms with E-state index in [1.165, 1.54) is 7.05 Å². The number of nitrogens with zero attached hydrogens (tertiary/aromatic N) is 1. The summed E-state index contributed by atoms with van der Waals surface area (Å²) >= 11 is 0. The molecule has 0 bridgehead atoms. The smallest absolute Gasteiger partial charge is 0.316 e. The third-order valence-electron chi connectivity index (χ3n) is 1.23. The van der Waals surface area contributed by atoms with E-state index < -0.39 is 12.2 Å². The van der Waals surface area contributed by atoms with Gasteiger partial charge in [-0.05, 0) is 6.08 Å². The van der Waals surface area contributed by atoms with Crippen molar-refractivity contribution in [2.24, 2.45) is 0 Å². The molecule has 1 atom stereocenters. The summed E-state index contributed by atoms with van der Waals surface area (Å²) in [5, 5.41) is 0.944. The number of hydrogen-bond donors (Lipinski definition) is 1. The summed E-state index contributed by atoms with van der Waals surface area (Å²) in [7, 11) is 1.31. The highest BCUT2D eigenvalue weighted by Crippen LogP contribution is 2.25. The van der Waals surface area contributed by atoms with Gasteiger partial charge in [0.2, 0.25) is 0 Å². The van der Waals surface area contributed by atoms with Crippen molar-refractivity contribution in [1.82, 2.24) is 10.4 Å². The van der Waals surface area contributed by atoms with Gasteiger partial charge in [-0.3, -0.25) is 0 Å².